The summed E-state index contributed by atoms with van der Waals surface area (Å²) in [5.74, 6) is 2.11. The Balaban J connectivity index is 1.73. The minimum Gasteiger partial charge on any atom is -0.496 e. The highest BCUT2D eigenvalue weighted by molar-refractivity contribution is 6.05. The minimum atomic E-state index is -0.273. The Bertz CT molecular complexity index is 1390. The standard InChI is InChI=1S/C27H26N2O5/c1-16(11-27(30)29-26-8-6-7-17(2)28-26)19-13-20-21(15-34-24(20)14-23(19)32-4)18-9-10-22(31-3)25(12-18)33-5/h6-15H,1-5H3,(H,28,29,30)/b16-11+. The Hall–Kier alpha value is -4.26. The molecule has 0 aliphatic carbocycles. The van der Waals surface area contributed by atoms with Crippen LogP contribution in [0.1, 0.15) is 18.2 Å². The molecule has 0 unspecified atom stereocenters. The SMILES string of the molecule is COc1ccc(-c2coc3cc(OC)c(/C(C)=C/C(=O)Nc4cccc(C)n4)cc23)cc1OC. The molecule has 0 saturated carbocycles. The molecule has 4 rings (SSSR count). The number of rotatable bonds is 7. The maximum absolute atomic E-state index is 12.6. The predicted octanol–water partition coefficient (Wildman–Crippen LogP) is 5.87. The molecule has 174 valence electrons. The lowest BCUT2D eigenvalue weighted by Crippen LogP contribution is -2.10. The summed E-state index contributed by atoms with van der Waals surface area (Å²) in [7, 11) is 4.79. The molecule has 4 aromatic rings. The number of amides is 1. The number of carbonyl (C=O) groups is 1. The van der Waals surface area contributed by atoms with E-state index in [1.165, 1.54) is 6.08 Å². The van der Waals surface area contributed by atoms with E-state index in [-0.39, 0.29) is 5.91 Å². The van der Waals surface area contributed by atoms with E-state index >= 15 is 0 Å². The number of aryl methyl sites for hydroxylation is 1. The summed E-state index contributed by atoms with van der Waals surface area (Å²) in [4.78, 5) is 16.9. The van der Waals surface area contributed by atoms with E-state index in [9.17, 15) is 4.79 Å². The second-order valence-electron chi connectivity index (χ2n) is 7.75. The topological polar surface area (TPSA) is 82.8 Å². The average Bonchev–Trinajstić information content (AvgIpc) is 3.25. The highest BCUT2D eigenvalue weighted by Gasteiger charge is 2.16. The fourth-order valence-corrected chi connectivity index (χ4v) is 3.81. The van der Waals surface area contributed by atoms with Crippen molar-refractivity contribution in [1.82, 2.24) is 4.98 Å². The monoisotopic (exact) mass is 458 g/mol. The summed E-state index contributed by atoms with van der Waals surface area (Å²) in [6.07, 6.45) is 3.23. The molecular formula is C27H26N2O5. The van der Waals surface area contributed by atoms with Crippen molar-refractivity contribution in [2.45, 2.75) is 13.8 Å². The van der Waals surface area contributed by atoms with Crippen LogP contribution in [0.5, 0.6) is 17.2 Å². The van der Waals surface area contributed by atoms with Crippen molar-refractivity contribution in [1.29, 1.82) is 0 Å². The summed E-state index contributed by atoms with van der Waals surface area (Å²) >= 11 is 0. The number of hydrogen-bond acceptors (Lipinski definition) is 6. The number of pyridine rings is 1. The van der Waals surface area contributed by atoms with E-state index in [4.69, 9.17) is 18.6 Å². The molecule has 0 fully saturated rings. The number of furan rings is 1. The van der Waals surface area contributed by atoms with Crippen LogP contribution in [0, 0.1) is 6.92 Å². The number of methoxy groups -OCH3 is 3. The number of aromatic nitrogens is 1. The van der Waals surface area contributed by atoms with Crippen LogP contribution in [0.2, 0.25) is 0 Å². The molecule has 0 spiro atoms. The maximum atomic E-state index is 12.6. The smallest absolute Gasteiger partial charge is 0.249 e. The first-order chi connectivity index (χ1) is 16.4. The van der Waals surface area contributed by atoms with Gasteiger partial charge in [-0.1, -0.05) is 12.1 Å². The number of allylic oxidation sites excluding steroid dienone is 1. The van der Waals surface area contributed by atoms with Gasteiger partial charge in [-0.2, -0.15) is 0 Å². The van der Waals surface area contributed by atoms with Crippen LogP contribution < -0.4 is 19.5 Å². The molecular weight excluding hydrogens is 432 g/mol. The lowest BCUT2D eigenvalue weighted by Gasteiger charge is -2.11. The van der Waals surface area contributed by atoms with E-state index in [0.29, 0.717) is 28.6 Å². The van der Waals surface area contributed by atoms with Gasteiger partial charge in [0.25, 0.3) is 0 Å². The van der Waals surface area contributed by atoms with Gasteiger partial charge in [0.05, 0.1) is 27.6 Å². The largest absolute Gasteiger partial charge is 0.496 e. The second-order valence-corrected chi connectivity index (χ2v) is 7.75. The molecule has 0 atom stereocenters. The molecule has 2 aromatic heterocycles. The number of anilines is 1. The first kappa shape index (κ1) is 22.9. The van der Waals surface area contributed by atoms with E-state index < -0.39 is 0 Å². The van der Waals surface area contributed by atoms with Gasteiger partial charge in [-0.3, -0.25) is 4.79 Å². The highest BCUT2D eigenvalue weighted by atomic mass is 16.5. The number of nitrogens with zero attached hydrogens (tertiary/aromatic N) is 1. The number of carbonyl (C=O) groups excluding carboxylic acids is 1. The molecule has 0 radical (unpaired) electrons. The Kier molecular flexibility index (Phi) is 6.54. The molecule has 0 aliphatic rings. The minimum absolute atomic E-state index is 0.273. The third-order valence-corrected chi connectivity index (χ3v) is 5.50. The number of fused-ring (bicyclic) bond motifs is 1. The van der Waals surface area contributed by atoms with Crippen LogP contribution in [0.4, 0.5) is 5.82 Å². The van der Waals surface area contributed by atoms with Gasteiger partial charge >= 0.3 is 0 Å². The maximum Gasteiger partial charge on any atom is 0.249 e. The van der Waals surface area contributed by atoms with Gasteiger partial charge in [0, 0.05) is 34.3 Å². The highest BCUT2D eigenvalue weighted by Crippen LogP contribution is 2.39. The summed E-state index contributed by atoms with van der Waals surface area (Å²) in [5, 5.41) is 3.69. The van der Waals surface area contributed by atoms with Gasteiger partial charge in [0.2, 0.25) is 5.91 Å². The summed E-state index contributed by atoms with van der Waals surface area (Å²) in [5.41, 5.74) is 4.83. The van der Waals surface area contributed by atoms with Crippen molar-refractivity contribution in [3.63, 3.8) is 0 Å². The van der Waals surface area contributed by atoms with Crippen molar-refractivity contribution >= 4 is 28.3 Å². The van der Waals surface area contributed by atoms with Gasteiger partial charge in [-0.25, -0.2) is 4.98 Å². The molecule has 2 aromatic carbocycles. The van der Waals surface area contributed by atoms with E-state index in [1.807, 2.05) is 56.3 Å². The molecule has 1 N–H and O–H groups in total. The Morgan fingerprint density at radius 2 is 1.74 bits per heavy atom. The van der Waals surface area contributed by atoms with E-state index in [1.54, 1.807) is 33.7 Å². The first-order valence-electron chi connectivity index (χ1n) is 10.7. The number of hydrogen-bond donors (Lipinski definition) is 1. The predicted molar refractivity (Wildman–Crippen MR) is 133 cm³/mol. The van der Waals surface area contributed by atoms with Gasteiger partial charge in [-0.05, 0) is 55.3 Å². The molecule has 2 heterocycles. The average molecular weight is 459 g/mol. The zero-order valence-electron chi connectivity index (χ0n) is 19.8. The third kappa shape index (κ3) is 4.59. The molecule has 34 heavy (non-hydrogen) atoms. The van der Waals surface area contributed by atoms with Gasteiger partial charge in [-0.15, -0.1) is 0 Å². The zero-order chi connectivity index (χ0) is 24.2. The van der Waals surface area contributed by atoms with Crippen molar-refractivity contribution < 1.29 is 23.4 Å². The molecule has 1 amide bonds. The van der Waals surface area contributed by atoms with Crippen LogP contribution in [0.15, 0.2) is 65.3 Å². The summed E-state index contributed by atoms with van der Waals surface area (Å²) in [6.45, 7) is 3.74. The van der Waals surface area contributed by atoms with Gasteiger partial charge in [0.15, 0.2) is 11.5 Å². The lowest BCUT2D eigenvalue weighted by atomic mass is 9.99. The number of benzene rings is 2. The molecule has 7 heteroatoms. The Labute approximate surface area is 198 Å². The number of ether oxygens (including phenoxy) is 3. The van der Waals surface area contributed by atoms with E-state index in [2.05, 4.69) is 10.3 Å². The Morgan fingerprint density at radius 3 is 2.44 bits per heavy atom. The van der Waals surface area contributed by atoms with Crippen molar-refractivity contribution in [3.8, 4) is 28.4 Å². The van der Waals surface area contributed by atoms with Crippen LogP contribution in [-0.4, -0.2) is 32.2 Å². The van der Waals surface area contributed by atoms with Crippen molar-refractivity contribution in [2.75, 3.05) is 26.6 Å². The van der Waals surface area contributed by atoms with Crippen LogP contribution in [0.3, 0.4) is 0 Å². The zero-order valence-corrected chi connectivity index (χ0v) is 19.8. The first-order valence-corrected chi connectivity index (χ1v) is 10.7. The van der Waals surface area contributed by atoms with Crippen LogP contribution >= 0.6 is 0 Å². The fraction of sp³-hybridized carbons (Fsp3) is 0.185. The molecule has 7 nitrogen and oxygen atoms in total. The number of nitrogens with one attached hydrogen (secondary N) is 1. The van der Waals surface area contributed by atoms with Crippen LogP contribution in [0.25, 0.3) is 27.7 Å². The fourth-order valence-electron chi connectivity index (χ4n) is 3.81. The Morgan fingerprint density at radius 1 is 0.971 bits per heavy atom. The quantitative estimate of drug-likeness (QED) is 0.349. The lowest BCUT2D eigenvalue weighted by molar-refractivity contribution is -0.111. The second kappa shape index (κ2) is 9.70. The molecule has 0 saturated heterocycles. The summed E-state index contributed by atoms with van der Waals surface area (Å²) < 4.78 is 22.2. The van der Waals surface area contributed by atoms with Gasteiger partial charge < -0.3 is 23.9 Å². The van der Waals surface area contributed by atoms with Crippen molar-refractivity contribution in [3.05, 3.63) is 72.1 Å². The van der Waals surface area contributed by atoms with Crippen molar-refractivity contribution in [2.24, 2.45) is 0 Å². The van der Waals surface area contributed by atoms with Crippen LogP contribution in [-0.2, 0) is 4.79 Å². The normalized spacial score (nSPS) is 11.4. The third-order valence-electron chi connectivity index (χ3n) is 5.50. The molecule has 0 aliphatic heterocycles. The van der Waals surface area contributed by atoms with Gasteiger partial charge in [0.1, 0.15) is 17.2 Å². The van der Waals surface area contributed by atoms with E-state index in [0.717, 1.165) is 33.3 Å². The molecule has 0 bridgehead atoms. The summed E-state index contributed by atoms with van der Waals surface area (Å²) in [6, 6.07) is 15.0.